The van der Waals surface area contributed by atoms with Crippen molar-refractivity contribution in [2.45, 2.75) is 45.6 Å². The van der Waals surface area contributed by atoms with Crippen LogP contribution in [0.5, 0.6) is 0 Å². The van der Waals surface area contributed by atoms with Gasteiger partial charge in [0.2, 0.25) is 0 Å². The predicted octanol–water partition coefficient (Wildman–Crippen LogP) is 1.56. The molecule has 0 heterocycles. The zero-order chi connectivity index (χ0) is 8.91. The van der Waals surface area contributed by atoms with Crippen molar-refractivity contribution in [2.75, 3.05) is 6.61 Å². The Bertz CT molecular complexity index is 95.7. The van der Waals surface area contributed by atoms with Crippen LogP contribution < -0.4 is 0 Å². The van der Waals surface area contributed by atoms with Crippen molar-refractivity contribution in [3.8, 4) is 0 Å². The number of aliphatic hydroxyl groups excluding tert-OH is 1. The lowest BCUT2D eigenvalue weighted by Crippen LogP contribution is -2.27. The zero-order valence-corrected chi connectivity index (χ0v) is 7.80. The minimum Gasteiger partial charge on any atom is -0.396 e. The molecule has 0 fully saturated rings. The third-order valence-corrected chi connectivity index (χ3v) is 2.33. The highest BCUT2D eigenvalue weighted by Crippen LogP contribution is 2.21. The van der Waals surface area contributed by atoms with E-state index in [2.05, 4.69) is 0 Å². The van der Waals surface area contributed by atoms with E-state index < -0.39 is 5.60 Å². The Morgan fingerprint density at radius 2 is 1.91 bits per heavy atom. The molecule has 2 atom stereocenters. The van der Waals surface area contributed by atoms with E-state index in [-0.39, 0.29) is 12.5 Å². The quantitative estimate of drug-likeness (QED) is 0.640. The van der Waals surface area contributed by atoms with Crippen LogP contribution in [0, 0.1) is 5.92 Å². The van der Waals surface area contributed by atoms with E-state index in [4.69, 9.17) is 5.11 Å². The fourth-order valence-electron chi connectivity index (χ4n) is 1.10. The van der Waals surface area contributed by atoms with E-state index >= 15 is 0 Å². The maximum absolute atomic E-state index is 9.64. The summed E-state index contributed by atoms with van der Waals surface area (Å²) in [5.41, 5.74) is -0.594. The summed E-state index contributed by atoms with van der Waals surface area (Å²) < 4.78 is 0. The monoisotopic (exact) mass is 160 g/mol. The summed E-state index contributed by atoms with van der Waals surface area (Å²) in [6.45, 7) is 6.01. The van der Waals surface area contributed by atoms with Gasteiger partial charge in [0.1, 0.15) is 0 Å². The number of aliphatic hydroxyl groups is 2. The Kier molecular flexibility index (Phi) is 4.69. The predicted molar refractivity (Wildman–Crippen MR) is 46.4 cm³/mol. The van der Waals surface area contributed by atoms with Crippen molar-refractivity contribution in [3.63, 3.8) is 0 Å². The Morgan fingerprint density at radius 3 is 2.18 bits per heavy atom. The lowest BCUT2D eigenvalue weighted by molar-refractivity contribution is 0.0190. The molecule has 0 amide bonds. The lowest BCUT2D eigenvalue weighted by atomic mass is 9.89. The van der Waals surface area contributed by atoms with Crippen molar-refractivity contribution in [1.29, 1.82) is 0 Å². The van der Waals surface area contributed by atoms with Gasteiger partial charge in [-0.25, -0.2) is 0 Å². The van der Waals surface area contributed by atoms with Gasteiger partial charge in [-0.15, -0.1) is 0 Å². The fourth-order valence-corrected chi connectivity index (χ4v) is 1.10. The van der Waals surface area contributed by atoms with Gasteiger partial charge in [0.25, 0.3) is 0 Å². The van der Waals surface area contributed by atoms with Gasteiger partial charge in [0.15, 0.2) is 0 Å². The summed E-state index contributed by atoms with van der Waals surface area (Å²) >= 11 is 0. The third kappa shape index (κ3) is 4.38. The fraction of sp³-hybridized carbons (Fsp3) is 1.00. The highest BCUT2D eigenvalue weighted by atomic mass is 16.3. The number of hydrogen-bond acceptors (Lipinski definition) is 2. The second kappa shape index (κ2) is 4.73. The molecule has 2 nitrogen and oxygen atoms in total. The molecule has 2 unspecified atom stereocenters. The van der Waals surface area contributed by atoms with Crippen LogP contribution in [0.25, 0.3) is 0 Å². The highest BCUT2D eigenvalue weighted by molar-refractivity contribution is 4.74. The van der Waals surface area contributed by atoms with Crippen molar-refractivity contribution < 1.29 is 10.2 Å². The first kappa shape index (κ1) is 10.9. The molecule has 0 bridgehead atoms. The van der Waals surface area contributed by atoms with Gasteiger partial charge >= 0.3 is 0 Å². The second-order valence-electron chi connectivity index (χ2n) is 3.51. The van der Waals surface area contributed by atoms with E-state index in [0.29, 0.717) is 6.42 Å². The van der Waals surface area contributed by atoms with Crippen LogP contribution in [0.3, 0.4) is 0 Å². The normalized spacial score (nSPS) is 19.4. The highest BCUT2D eigenvalue weighted by Gasteiger charge is 2.21. The standard InChI is InChI=1S/C9H20O2/c1-4-8(7-10)6-9(3,11)5-2/h8,10-11H,4-7H2,1-3H3. The van der Waals surface area contributed by atoms with E-state index in [1.807, 2.05) is 20.8 Å². The Hall–Kier alpha value is -0.0800. The van der Waals surface area contributed by atoms with Gasteiger partial charge in [0.05, 0.1) is 5.60 Å². The van der Waals surface area contributed by atoms with Crippen LogP contribution in [0.1, 0.15) is 40.0 Å². The molecule has 0 aromatic carbocycles. The maximum Gasteiger partial charge on any atom is 0.0620 e. The maximum atomic E-state index is 9.64. The summed E-state index contributed by atoms with van der Waals surface area (Å²) in [5, 5.41) is 18.5. The van der Waals surface area contributed by atoms with Crippen LogP contribution in [-0.4, -0.2) is 22.4 Å². The molecule has 0 aliphatic rings. The first-order valence-corrected chi connectivity index (χ1v) is 4.39. The van der Waals surface area contributed by atoms with Gasteiger partial charge in [-0.3, -0.25) is 0 Å². The van der Waals surface area contributed by atoms with Gasteiger partial charge in [-0.05, 0) is 25.7 Å². The Morgan fingerprint density at radius 1 is 1.36 bits per heavy atom. The van der Waals surface area contributed by atoms with Gasteiger partial charge in [-0.1, -0.05) is 20.3 Å². The lowest BCUT2D eigenvalue weighted by Gasteiger charge is -2.25. The minimum atomic E-state index is -0.594. The SMILES string of the molecule is CCC(CO)CC(C)(O)CC. The molecule has 0 aromatic rings. The average molecular weight is 160 g/mol. The molecule has 0 spiro atoms. The molecular weight excluding hydrogens is 140 g/mol. The molecule has 2 N–H and O–H groups in total. The molecule has 0 aliphatic carbocycles. The van der Waals surface area contributed by atoms with E-state index in [1.54, 1.807) is 0 Å². The molecule has 11 heavy (non-hydrogen) atoms. The molecular formula is C9H20O2. The zero-order valence-electron chi connectivity index (χ0n) is 7.80. The molecule has 2 heteroatoms. The Labute approximate surface area is 69.2 Å². The van der Waals surface area contributed by atoms with Gasteiger partial charge in [0, 0.05) is 6.61 Å². The van der Waals surface area contributed by atoms with Crippen LogP contribution >= 0.6 is 0 Å². The van der Waals surface area contributed by atoms with Crippen molar-refractivity contribution in [1.82, 2.24) is 0 Å². The number of hydrogen-bond donors (Lipinski definition) is 2. The van der Waals surface area contributed by atoms with E-state index in [1.165, 1.54) is 0 Å². The topological polar surface area (TPSA) is 40.5 Å². The van der Waals surface area contributed by atoms with Crippen LogP contribution in [0.2, 0.25) is 0 Å². The molecule has 0 aliphatic heterocycles. The minimum absolute atomic E-state index is 0.187. The van der Waals surface area contributed by atoms with Crippen molar-refractivity contribution in [2.24, 2.45) is 5.92 Å². The molecule has 0 radical (unpaired) electrons. The molecule has 0 saturated heterocycles. The van der Waals surface area contributed by atoms with Gasteiger partial charge < -0.3 is 10.2 Å². The second-order valence-corrected chi connectivity index (χ2v) is 3.51. The summed E-state index contributed by atoms with van der Waals surface area (Å²) in [4.78, 5) is 0. The molecule has 0 rings (SSSR count). The first-order chi connectivity index (χ1) is 5.05. The first-order valence-electron chi connectivity index (χ1n) is 4.39. The van der Waals surface area contributed by atoms with Crippen LogP contribution in [-0.2, 0) is 0 Å². The molecule has 0 saturated carbocycles. The largest absolute Gasteiger partial charge is 0.396 e. The van der Waals surface area contributed by atoms with E-state index in [9.17, 15) is 5.11 Å². The van der Waals surface area contributed by atoms with E-state index in [0.717, 1.165) is 12.8 Å². The van der Waals surface area contributed by atoms with Crippen molar-refractivity contribution in [3.05, 3.63) is 0 Å². The van der Waals surface area contributed by atoms with Gasteiger partial charge in [-0.2, -0.15) is 0 Å². The summed E-state index contributed by atoms with van der Waals surface area (Å²) in [6, 6.07) is 0. The van der Waals surface area contributed by atoms with Crippen LogP contribution in [0.15, 0.2) is 0 Å². The summed E-state index contributed by atoms with van der Waals surface area (Å²) in [7, 11) is 0. The number of rotatable bonds is 5. The smallest absolute Gasteiger partial charge is 0.0620 e. The summed E-state index contributed by atoms with van der Waals surface area (Å²) in [6.07, 6.45) is 2.40. The summed E-state index contributed by atoms with van der Waals surface area (Å²) in [5.74, 6) is 0.255. The molecule has 68 valence electrons. The van der Waals surface area contributed by atoms with Crippen molar-refractivity contribution >= 4 is 0 Å². The molecule has 0 aromatic heterocycles. The third-order valence-electron chi connectivity index (χ3n) is 2.33. The van der Waals surface area contributed by atoms with Crippen LogP contribution in [0.4, 0.5) is 0 Å². The average Bonchev–Trinajstić information content (AvgIpc) is 2.00. The Balaban J connectivity index is 3.79.